The molecule has 2 nitrogen and oxygen atoms in total. The molecule has 0 bridgehead atoms. The molecule has 0 aromatic heterocycles. The van der Waals surface area contributed by atoms with E-state index in [9.17, 15) is 0 Å². The van der Waals surface area contributed by atoms with Crippen LogP contribution in [0.4, 0.5) is 0 Å². The van der Waals surface area contributed by atoms with E-state index in [4.69, 9.17) is 11.6 Å². The molecule has 0 atom stereocenters. The van der Waals surface area contributed by atoms with Crippen LogP contribution in [0.15, 0.2) is 0 Å². The third-order valence-corrected chi connectivity index (χ3v) is 2.65. The molecule has 0 unspecified atom stereocenters. The monoisotopic (exact) mass is 220 g/mol. The van der Waals surface area contributed by atoms with Crippen LogP contribution >= 0.6 is 11.6 Å². The van der Waals surface area contributed by atoms with Crippen LogP contribution in [0.3, 0.4) is 0 Å². The van der Waals surface area contributed by atoms with Crippen molar-refractivity contribution in [1.29, 1.82) is 0 Å². The minimum atomic E-state index is 0.801. The molecule has 0 saturated carbocycles. The summed E-state index contributed by atoms with van der Waals surface area (Å²) < 4.78 is 0. The summed E-state index contributed by atoms with van der Waals surface area (Å²) in [5.41, 5.74) is 0. The molecule has 0 aliphatic carbocycles. The van der Waals surface area contributed by atoms with Crippen molar-refractivity contribution in [1.82, 2.24) is 9.80 Å². The van der Waals surface area contributed by atoms with Crippen molar-refractivity contribution < 1.29 is 0 Å². The molecule has 0 rings (SSSR count). The van der Waals surface area contributed by atoms with Gasteiger partial charge in [0.25, 0.3) is 0 Å². The second-order valence-electron chi connectivity index (χ2n) is 3.99. The summed E-state index contributed by atoms with van der Waals surface area (Å²) >= 11 is 5.65. The number of unbranched alkanes of at least 4 members (excludes halogenated alkanes) is 1. The Bertz CT molecular complexity index is 118. The summed E-state index contributed by atoms with van der Waals surface area (Å²) in [4.78, 5) is 4.75. The second-order valence-corrected chi connectivity index (χ2v) is 4.37. The van der Waals surface area contributed by atoms with Gasteiger partial charge in [0, 0.05) is 5.88 Å². The van der Waals surface area contributed by atoms with Crippen LogP contribution in [0.25, 0.3) is 0 Å². The number of halogens is 1. The van der Waals surface area contributed by atoms with Gasteiger partial charge in [0.1, 0.15) is 0 Å². The Morgan fingerprint density at radius 1 is 0.929 bits per heavy atom. The standard InChI is InChI=1S/C11H25ClN2/c1-4-14(10-6-5-8-12)11-7-9-13(2)3/h4-11H2,1-3H3. The van der Waals surface area contributed by atoms with Gasteiger partial charge in [0.15, 0.2) is 0 Å². The van der Waals surface area contributed by atoms with E-state index < -0.39 is 0 Å². The molecular formula is C11H25ClN2. The van der Waals surface area contributed by atoms with Gasteiger partial charge < -0.3 is 9.80 Å². The molecule has 0 N–H and O–H groups in total. The topological polar surface area (TPSA) is 6.48 Å². The van der Waals surface area contributed by atoms with E-state index in [2.05, 4.69) is 30.8 Å². The maximum Gasteiger partial charge on any atom is 0.0223 e. The first-order chi connectivity index (χ1) is 6.70. The zero-order valence-corrected chi connectivity index (χ0v) is 10.7. The summed E-state index contributed by atoms with van der Waals surface area (Å²) in [6, 6.07) is 0. The highest BCUT2D eigenvalue weighted by Gasteiger charge is 2.01. The van der Waals surface area contributed by atoms with Crippen molar-refractivity contribution in [2.24, 2.45) is 0 Å². The van der Waals surface area contributed by atoms with Gasteiger partial charge in [-0.25, -0.2) is 0 Å². The molecule has 0 aromatic carbocycles. The molecule has 0 amide bonds. The van der Waals surface area contributed by atoms with E-state index in [1.54, 1.807) is 0 Å². The summed E-state index contributed by atoms with van der Waals surface area (Å²) in [6.45, 7) is 7.01. The number of nitrogens with zero attached hydrogens (tertiary/aromatic N) is 2. The van der Waals surface area contributed by atoms with E-state index in [1.807, 2.05) is 0 Å². The van der Waals surface area contributed by atoms with Crippen molar-refractivity contribution in [3.8, 4) is 0 Å². The fourth-order valence-corrected chi connectivity index (χ4v) is 1.66. The first-order valence-electron chi connectivity index (χ1n) is 5.63. The third kappa shape index (κ3) is 8.79. The van der Waals surface area contributed by atoms with Crippen molar-refractivity contribution in [2.45, 2.75) is 26.2 Å². The zero-order valence-electron chi connectivity index (χ0n) is 9.93. The Hall–Kier alpha value is 0.210. The second kappa shape index (κ2) is 9.75. The Balaban J connectivity index is 3.38. The van der Waals surface area contributed by atoms with E-state index in [0.717, 1.165) is 18.8 Å². The van der Waals surface area contributed by atoms with Gasteiger partial charge in [-0.15, -0.1) is 11.6 Å². The van der Waals surface area contributed by atoms with E-state index >= 15 is 0 Å². The first kappa shape index (κ1) is 14.2. The van der Waals surface area contributed by atoms with Crippen LogP contribution in [-0.2, 0) is 0 Å². The molecule has 0 fully saturated rings. The maximum atomic E-state index is 5.65. The highest BCUT2D eigenvalue weighted by molar-refractivity contribution is 6.17. The number of hydrogen-bond donors (Lipinski definition) is 0. The van der Waals surface area contributed by atoms with Crippen molar-refractivity contribution in [2.75, 3.05) is 46.2 Å². The Morgan fingerprint density at radius 2 is 1.57 bits per heavy atom. The van der Waals surface area contributed by atoms with Crippen molar-refractivity contribution in [3.63, 3.8) is 0 Å². The number of alkyl halides is 1. The Kier molecular flexibility index (Phi) is 9.90. The molecule has 0 saturated heterocycles. The minimum absolute atomic E-state index is 0.801. The fraction of sp³-hybridized carbons (Fsp3) is 1.00. The van der Waals surface area contributed by atoms with Gasteiger partial charge >= 0.3 is 0 Å². The quantitative estimate of drug-likeness (QED) is 0.435. The molecule has 0 aliphatic rings. The van der Waals surface area contributed by atoms with E-state index in [0.29, 0.717) is 0 Å². The summed E-state index contributed by atoms with van der Waals surface area (Å²) in [5.74, 6) is 0.801. The van der Waals surface area contributed by atoms with Crippen molar-refractivity contribution in [3.05, 3.63) is 0 Å². The van der Waals surface area contributed by atoms with Crippen LogP contribution in [0.5, 0.6) is 0 Å². The van der Waals surface area contributed by atoms with Crippen LogP contribution in [0.2, 0.25) is 0 Å². The summed E-state index contributed by atoms with van der Waals surface area (Å²) in [7, 11) is 4.26. The molecule has 0 aromatic rings. The maximum absolute atomic E-state index is 5.65. The lowest BCUT2D eigenvalue weighted by Crippen LogP contribution is -2.28. The highest BCUT2D eigenvalue weighted by Crippen LogP contribution is 1.98. The van der Waals surface area contributed by atoms with E-state index in [-0.39, 0.29) is 0 Å². The van der Waals surface area contributed by atoms with Gasteiger partial charge in [-0.1, -0.05) is 6.92 Å². The van der Waals surface area contributed by atoms with Gasteiger partial charge in [-0.3, -0.25) is 0 Å². The van der Waals surface area contributed by atoms with Gasteiger partial charge in [-0.05, 0) is 59.5 Å². The van der Waals surface area contributed by atoms with Gasteiger partial charge in [-0.2, -0.15) is 0 Å². The Labute approximate surface area is 94.2 Å². The van der Waals surface area contributed by atoms with Crippen LogP contribution < -0.4 is 0 Å². The molecule has 14 heavy (non-hydrogen) atoms. The fourth-order valence-electron chi connectivity index (χ4n) is 1.47. The van der Waals surface area contributed by atoms with Crippen LogP contribution in [0.1, 0.15) is 26.2 Å². The predicted octanol–water partition coefficient (Wildman–Crippen LogP) is 2.28. The molecule has 0 heterocycles. The lowest BCUT2D eigenvalue weighted by atomic mass is 10.3. The third-order valence-electron chi connectivity index (χ3n) is 2.38. The number of hydrogen-bond acceptors (Lipinski definition) is 2. The van der Waals surface area contributed by atoms with E-state index in [1.165, 1.54) is 32.5 Å². The predicted molar refractivity (Wildman–Crippen MR) is 65.2 cm³/mol. The van der Waals surface area contributed by atoms with Crippen molar-refractivity contribution >= 4 is 11.6 Å². The average molecular weight is 221 g/mol. The molecule has 86 valence electrons. The normalized spacial score (nSPS) is 11.6. The summed E-state index contributed by atoms with van der Waals surface area (Å²) in [6.07, 6.45) is 3.65. The molecule has 3 heteroatoms. The molecule has 0 spiro atoms. The van der Waals surface area contributed by atoms with Gasteiger partial charge in [0.2, 0.25) is 0 Å². The SMILES string of the molecule is CCN(CCCCCl)CCCN(C)C. The minimum Gasteiger partial charge on any atom is -0.309 e. The van der Waals surface area contributed by atoms with Crippen LogP contribution in [-0.4, -0.2) is 56.0 Å². The Morgan fingerprint density at radius 3 is 2.07 bits per heavy atom. The number of rotatable bonds is 9. The average Bonchev–Trinajstić information content (AvgIpc) is 2.15. The smallest absolute Gasteiger partial charge is 0.0223 e. The molecular weight excluding hydrogens is 196 g/mol. The van der Waals surface area contributed by atoms with Crippen LogP contribution in [0, 0.1) is 0 Å². The molecule has 0 aliphatic heterocycles. The lowest BCUT2D eigenvalue weighted by Gasteiger charge is -2.21. The molecule has 0 radical (unpaired) electrons. The zero-order chi connectivity index (χ0) is 10.8. The largest absolute Gasteiger partial charge is 0.309 e. The summed E-state index contributed by atoms with van der Waals surface area (Å²) in [5, 5.41) is 0. The van der Waals surface area contributed by atoms with Gasteiger partial charge in [0.05, 0.1) is 0 Å². The first-order valence-corrected chi connectivity index (χ1v) is 6.17. The lowest BCUT2D eigenvalue weighted by molar-refractivity contribution is 0.263. The highest BCUT2D eigenvalue weighted by atomic mass is 35.5.